The minimum Gasteiger partial charge on any atom is -0.480 e. The third-order valence-corrected chi connectivity index (χ3v) is 6.00. The number of amides is 1. The van der Waals surface area contributed by atoms with Gasteiger partial charge in [-0.2, -0.15) is 0 Å². The van der Waals surface area contributed by atoms with Crippen LogP contribution in [0.15, 0.2) is 29.2 Å². The zero-order chi connectivity index (χ0) is 17.8. The van der Waals surface area contributed by atoms with Gasteiger partial charge in [0, 0.05) is 5.56 Å². The molecule has 0 radical (unpaired) electrons. The molecule has 1 rings (SSSR count). The highest BCUT2D eigenvalue weighted by atomic mass is 32.2. The van der Waals surface area contributed by atoms with Crippen LogP contribution in [-0.2, 0) is 14.6 Å². The second kappa shape index (κ2) is 7.59. The Morgan fingerprint density at radius 2 is 1.65 bits per heavy atom. The average Bonchev–Trinajstić information content (AvgIpc) is 2.51. The number of carbonyl (C=O) groups is 2. The van der Waals surface area contributed by atoms with Crippen LogP contribution in [0.2, 0.25) is 0 Å². The Bertz CT molecular complexity index is 664. The summed E-state index contributed by atoms with van der Waals surface area (Å²) in [6, 6.07) is 4.53. The lowest BCUT2D eigenvalue weighted by molar-refractivity contribution is -0.140. The van der Waals surface area contributed by atoms with Gasteiger partial charge >= 0.3 is 5.97 Å². The van der Waals surface area contributed by atoms with Crippen LogP contribution in [0, 0.1) is 5.92 Å². The van der Waals surface area contributed by atoms with Crippen LogP contribution < -0.4 is 5.32 Å². The van der Waals surface area contributed by atoms with Crippen molar-refractivity contribution in [2.75, 3.05) is 0 Å². The standard InChI is InChI=1S/C16H23NO5S/c1-5-11(4)14(16(19)20)17-15(18)12-6-8-13(9-7-12)23(21,22)10(2)3/h6-11,14H,5H2,1-4H3,(H,17,18)(H,19,20). The first-order valence-electron chi connectivity index (χ1n) is 7.48. The molecule has 2 atom stereocenters. The van der Waals surface area contributed by atoms with Crippen molar-refractivity contribution in [2.45, 2.75) is 50.3 Å². The first-order chi connectivity index (χ1) is 10.6. The van der Waals surface area contributed by atoms with Crippen LogP contribution in [0.3, 0.4) is 0 Å². The summed E-state index contributed by atoms with van der Waals surface area (Å²) in [4.78, 5) is 23.5. The van der Waals surface area contributed by atoms with Gasteiger partial charge in [-0.3, -0.25) is 4.79 Å². The number of hydrogen-bond acceptors (Lipinski definition) is 4. The Balaban J connectivity index is 2.96. The molecule has 23 heavy (non-hydrogen) atoms. The number of carboxylic acid groups (broad SMARTS) is 1. The highest BCUT2D eigenvalue weighted by molar-refractivity contribution is 7.92. The van der Waals surface area contributed by atoms with Crippen molar-refractivity contribution in [3.63, 3.8) is 0 Å². The molecule has 0 saturated heterocycles. The lowest BCUT2D eigenvalue weighted by Gasteiger charge is -2.20. The van der Waals surface area contributed by atoms with Crippen LogP contribution >= 0.6 is 0 Å². The van der Waals surface area contributed by atoms with Crippen molar-refractivity contribution in [2.24, 2.45) is 5.92 Å². The minimum atomic E-state index is -3.40. The van der Waals surface area contributed by atoms with Crippen LogP contribution in [-0.4, -0.2) is 36.7 Å². The fourth-order valence-corrected chi connectivity index (χ4v) is 3.04. The summed E-state index contributed by atoms with van der Waals surface area (Å²) >= 11 is 0. The fraction of sp³-hybridized carbons (Fsp3) is 0.500. The molecule has 0 spiro atoms. The first kappa shape index (κ1) is 19.2. The van der Waals surface area contributed by atoms with E-state index in [0.29, 0.717) is 6.42 Å². The lowest BCUT2D eigenvalue weighted by atomic mass is 9.99. The molecule has 0 fully saturated rings. The van der Waals surface area contributed by atoms with Gasteiger partial charge in [0.15, 0.2) is 9.84 Å². The summed E-state index contributed by atoms with van der Waals surface area (Å²) in [7, 11) is -3.40. The molecule has 128 valence electrons. The molecule has 0 aliphatic heterocycles. The van der Waals surface area contributed by atoms with Crippen molar-refractivity contribution >= 4 is 21.7 Å². The van der Waals surface area contributed by atoms with E-state index in [1.54, 1.807) is 20.8 Å². The summed E-state index contributed by atoms with van der Waals surface area (Å²) in [6.45, 7) is 6.76. The Hall–Kier alpha value is -1.89. The van der Waals surface area contributed by atoms with Crippen LogP contribution in [0.4, 0.5) is 0 Å². The number of hydrogen-bond donors (Lipinski definition) is 2. The molecule has 0 aromatic heterocycles. The highest BCUT2D eigenvalue weighted by Gasteiger charge is 2.26. The molecule has 2 N–H and O–H groups in total. The molecule has 1 aromatic rings. The summed E-state index contributed by atoms with van der Waals surface area (Å²) in [5.41, 5.74) is 0.224. The largest absolute Gasteiger partial charge is 0.480 e. The number of sulfone groups is 1. The van der Waals surface area contributed by atoms with Crippen molar-refractivity contribution < 1.29 is 23.1 Å². The average molecular weight is 341 g/mol. The van der Waals surface area contributed by atoms with E-state index in [0.717, 1.165) is 0 Å². The normalized spacial score (nSPS) is 14.3. The fourth-order valence-electron chi connectivity index (χ4n) is 1.98. The lowest BCUT2D eigenvalue weighted by Crippen LogP contribution is -2.45. The second-order valence-electron chi connectivity index (χ2n) is 5.79. The molecule has 7 heteroatoms. The van der Waals surface area contributed by atoms with Crippen LogP contribution in [0.25, 0.3) is 0 Å². The maximum Gasteiger partial charge on any atom is 0.326 e. The number of carbonyl (C=O) groups excluding carboxylic acids is 1. The van der Waals surface area contributed by atoms with Gasteiger partial charge in [0.1, 0.15) is 6.04 Å². The molecule has 6 nitrogen and oxygen atoms in total. The summed E-state index contributed by atoms with van der Waals surface area (Å²) in [5.74, 6) is -1.84. The predicted octanol–water partition coefficient (Wildman–Crippen LogP) is 2.10. The van der Waals surface area contributed by atoms with E-state index in [2.05, 4.69) is 5.32 Å². The van der Waals surface area contributed by atoms with E-state index < -0.39 is 33.0 Å². The Morgan fingerprint density at radius 1 is 1.13 bits per heavy atom. The van der Waals surface area contributed by atoms with Gasteiger partial charge in [-0.05, 0) is 44.0 Å². The number of aliphatic carboxylic acids is 1. The smallest absolute Gasteiger partial charge is 0.326 e. The number of benzene rings is 1. The Morgan fingerprint density at radius 3 is 2.04 bits per heavy atom. The highest BCUT2D eigenvalue weighted by Crippen LogP contribution is 2.17. The van der Waals surface area contributed by atoms with Gasteiger partial charge in [-0.1, -0.05) is 20.3 Å². The van der Waals surface area contributed by atoms with Gasteiger partial charge in [-0.15, -0.1) is 0 Å². The van der Waals surface area contributed by atoms with Gasteiger partial charge in [-0.25, -0.2) is 13.2 Å². The maximum atomic E-state index is 12.2. The summed E-state index contributed by atoms with van der Waals surface area (Å²) in [5, 5.41) is 11.1. The van der Waals surface area contributed by atoms with Crippen LogP contribution in [0.5, 0.6) is 0 Å². The zero-order valence-corrected chi connectivity index (χ0v) is 14.6. The third kappa shape index (κ3) is 4.54. The predicted molar refractivity (Wildman–Crippen MR) is 87.1 cm³/mol. The van der Waals surface area contributed by atoms with Crippen molar-refractivity contribution in [3.8, 4) is 0 Å². The van der Waals surface area contributed by atoms with E-state index in [1.165, 1.54) is 24.3 Å². The molecule has 0 aliphatic carbocycles. The van der Waals surface area contributed by atoms with Crippen molar-refractivity contribution in [3.05, 3.63) is 29.8 Å². The van der Waals surface area contributed by atoms with Crippen molar-refractivity contribution in [1.82, 2.24) is 5.32 Å². The molecule has 0 aliphatic rings. The van der Waals surface area contributed by atoms with E-state index >= 15 is 0 Å². The van der Waals surface area contributed by atoms with Gasteiger partial charge in [0.25, 0.3) is 5.91 Å². The number of nitrogens with one attached hydrogen (secondary N) is 1. The maximum absolute atomic E-state index is 12.2. The molecular weight excluding hydrogens is 318 g/mol. The molecule has 2 unspecified atom stereocenters. The van der Waals surface area contributed by atoms with Gasteiger partial charge in [0.2, 0.25) is 0 Å². The summed E-state index contributed by atoms with van der Waals surface area (Å²) in [6.07, 6.45) is 0.614. The molecule has 0 bridgehead atoms. The van der Waals surface area contributed by atoms with Crippen LogP contribution in [0.1, 0.15) is 44.5 Å². The quantitative estimate of drug-likeness (QED) is 0.791. The van der Waals surface area contributed by atoms with E-state index in [9.17, 15) is 23.1 Å². The first-order valence-corrected chi connectivity index (χ1v) is 9.03. The Labute approximate surface area is 136 Å². The van der Waals surface area contributed by atoms with E-state index in [-0.39, 0.29) is 16.4 Å². The molecule has 0 heterocycles. The third-order valence-electron chi connectivity index (χ3n) is 3.83. The number of rotatable bonds is 7. The van der Waals surface area contributed by atoms with Gasteiger partial charge in [0.05, 0.1) is 10.1 Å². The SMILES string of the molecule is CCC(C)C(NC(=O)c1ccc(S(=O)(=O)C(C)C)cc1)C(=O)O. The second-order valence-corrected chi connectivity index (χ2v) is 8.30. The molecule has 1 amide bonds. The van der Waals surface area contributed by atoms with E-state index in [4.69, 9.17) is 0 Å². The number of carboxylic acids is 1. The zero-order valence-electron chi connectivity index (χ0n) is 13.7. The topological polar surface area (TPSA) is 101 Å². The Kier molecular flexibility index (Phi) is 6.32. The molecule has 0 saturated carbocycles. The molecular formula is C16H23NO5S. The molecule has 1 aromatic carbocycles. The van der Waals surface area contributed by atoms with E-state index in [1.807, 2.05) is 6.92 Å². The summed E-state index contributed by atoms with van der Waals surface area (Å²) < 4.78 is 24.1. The van der Waals surface area contributed by atoms with Crippen molar-refractivity contribution in [1.29, 1.82) is 0 Å². The van der Waals surface area contributed by atoms with Gasteiger partial charge < -0.3 is 10.4 Å². The minimum absolute atomic E-state index is 0.140. The monoisotopic (exact) mass is 341 g/mol.